The number of aromatic nitrogens is 4. The molecule has 0 amide bonds. The lowest BCUT2D eigenvalue weighted by Crippen LogP contribution is -2.30. The van der Waals surface area contributed by atoms with Crippen LogP contribution in [0, 0.1) is 0 Å². The average molecular weight is 273 g/mol. The Morgan fingerprint density at radius 3 is 2.80 bits per heavy atom. The van der Waals surface area contributed by atoms with Crippen LogP contribution in [0.1, 0.15) is 51.6 Å². The smallest absolute Gasteiger partial charge is 0.143 e. The molecule has 0 bridgehead atoms. The van der Waals surface area contributed by atoms with Crippen molar-refractivity contribution < 1.29 is 0 Å². The number of hydrogen-bond acceptors (Lipinski definition) is 4. The molecule has 0 spiro atoms. The zero-order chi connectivity index (χ0) is 14.4. The summed E-state index contributed by atoms with van der Waals surface area (Å²) in [7, 11) is 0. The maximum Gasteiger partial charge on any atom is 0.143 e. The Balaban J connectivity index is 2.10. The summed E-state index contributed by atoms with van der Waals surface area (Å²) in [6.07, 6.45) is 5.20. The van der Waals surface area contributed by atoms with E-state index in [4.69, 9.17) is 0 Å². The van der Waals surface area contributed by atoms with Crippen LogP contribution in [0.3, 0.4) is 0 Å². The number of hydrogen-bond donors (Lipinski definition) is 1. The molecule has 2 atom stereocenters. The van der Waals surface area contributed by atoms with E-state index in [0.29, 0.717) is 12.1 Å². The molecule has 108 valence electrons. The van der Waals surface area contributed by atoms with Crippen LogP contribution in [0.5, 0.6) is 0 Å². The van der Waals surface area contributed by atoms with Crippen LogP contribution in [-0.4, -0.2) is 26.2 Å². The highest BCUT2D eigenvalue weighted by molar-refractivity contribution is 5.35. The van der Waals surface area contributed by atoms with Crippen molar-refractivity contribution in [1.82, 2.24) is 25.5 Å². The van der Waals surface area contributed by atoms with Gasteiger partial charge < -0.3 is 5.32 Å². The molecule has 1 heterocycles. The number of benzene rings is 1. The van der Waals surface area contributed by atoms with Gasteiger partial charge in [-0.3, -0.25) is 0 Å². The largest absolute Gasteiger partial charge is 0.307 e. The van der Waals surface area contributed by atoms with Crippen molar-refractivity contribution in [3.8, 4) is 5.69 Å². The van der Waals surface area contributed by atoms with Gasteiger partial charge in [-0.1, -0.05) is 32.4 Å². The van der Waals surface area contributed by atoms with Gasteiger partial charge in [0.2, 0.25) is 0 Å². The van der Waals surface area contributed by atoms with E-state index in [1.165, 1.54) is 18.4 Å². The van der Waals surface area contributed by atoms with Crippen molar-refractivity contribution >= 4 is 0 Å². The highest BCUT2D eigenvalue weighted by Gasteiger charge is 2.12. The summed E-state index contributed by atoms with van der Waals surface area (Å²) in [4.78, 5) is 0. The number of rotatable bonds is 7. The molecule has 20 heavy (non-hydrogen) atoms. The molecule has 0 fully saturated rings. The Kier molecular flexibility index (Phi) is 5.24. The number of tetrazole rings is 1. The first-order valence-corrected chi connectivity index (χ1v) is 7.34. The first-order valence-electron chi connectivity index (χ1n) is 7.34. The SMILES string of the molecule is CCCC(CC)NC(C)c1cccc(-n2cnnn2)c1. The van der Waals surface area contributed by atoms with Gasteiger partial charge in [0.15, 0.2) is 0 Å². The summed E-state index contributed by atoms with van der Waals surface area (Å²) in [5, 5.41) is 15.0. The van der Waals surface area contributed by atoms with Crippen LogP contribution in [0.25, 0.3) is 5.69 Å². The van der Waals surface area contributed by atoms with E-state index in [1.807, 2.05) is 12.1 Å². The minimum Gasteiger partial charge on any atom is -0.307 e. The molecule has 1 aromatic carbocycles. The highest BCUT2D eigenvalue weighted by atomic mass is 15.5. The highest BCUT2D eigenvalue weighted by Crippen LogP contribution is 2.18. The fourth-order valence-electron chi connectivity index (χ4n) is 2.42. The predicted molar refractivity (Wildman–Crippen MR) is 79.7 cm³/mol. The van der Waals surface area contributed by atoms with E-state index in [9.17, 15) is 0 Å². The maximum atomic E-state index is 3.93. The third kappa shape index (κ3) is 3.63. The first-order chi connectivity index (χ1) is 9.74. The van der Waals surface area contributed by atoms with Crippen LogP contribution < -0.4 is 5.32 Å². The lowest BCUT2D eigenvalue weighted by atomic mass is 10.0. The van der Waals surface area contributed by atoms with Gasteiger partial charge >= 0.3 is 0 Å². The fourth-order valence-corrected chi connectivity index (χ4v) is 2.42. The standard InChI is InChI=1S/C15H23N5/c1-4-7-14(5-2)17-12(3)13-8-6-9-15(10-13)20-11-16-18-19-20/h6,8-12,14,17H,4-5,7H2,1-3H3. The van der Waals surface area contributed by atoms with Crippen molar-refractivity contribution in [2.45, 2.75) is 52.1 Å². The second-order valence-corrected chi connectivity index (χ2v) is 5.13. The Bertz CT molecular complexity index is 509. The molecule has 0 radical (unpaired) electrons. The fraction of sp³-hybridized carbons (Fsp3) is 0.533. The molecule has 0 aliphatic carbocycles. The van der Waals surface area contributed by atoms with Crippen molar-refractivity contribution in [2.24, 2.45) is 0 Å². The first kappa shape index (κ1) is 14.7. The third-order valence-corrected chi connectivity index (χ3v) is 3.60. The molecule has 2 rings (SSSR count). The van der Waals surface area contributed by atoms with E-state index in [-0.39, 0.29) is 0 Å². The zero-order valence-corrected chi connectivity index (χ0v) is 12.5. The van der Waals surface area contributed by atoms with E-state index >= 15 is 0 Å². The Morgan fingerprint density at radius 1 is 1.30 bits per heavy atom. The van der Waals surface area contributed by atoms with E-state index in [1.54, 1.807) is 11.0 Å². The van der Waals surface area contributed by atoms with Crippen LogP contribution in [0.2, 0.25) is 0 Å². The molecule has 5 heteroatoms. The molecule has 0 aliphatic rings. The minimum atomic E-state index is 0.322. The van der Waals surface area contributed by atoms with Gasteiger partial charge in [0, 0.05) is 12.1 Å². The van der Waals surface area contributed by atoms with Crippen LogP contribution >= 0.6 is 0 Å². The Morgan fingerprint density at radius 2 is 2.15 bits per heavy atom. The van der Waals surface area contributed by atoms with Gasteiger partial charge in [0.05, 0.1) is 5.69 Å². The van der Waals surface area contributed by atoms with Gasteiger partial charge in [0.1, 0.15) is 6.33 Å². The molecule has 2 aromatic rings. The average Bonchev–Trinajstić information content (AvgIpc) is 3.01. The Labute approximate surface area is 120 Å². The Hall–Kier alpha value is -1.75. The van der Waals surface area contributed by atoms with Gasteiger partial charge in [-0.2, -0.15) is 0 Å². The van der Waals surface area contributed by atoms with Gasteiger partial charge in [0.25, 0.3) is 0 Å². The number of nitrogens with one attached hydrogen (secondary N) is 1. The van der Waals surface area contributed by atoms with Gasteiger partial charge in [-0.15, -0.1) is 5.10 Å². The van der Waals surface area contributed by atoms with E-state index < -0.39 is 0 Å². The van der Waals surface area contributed by atoms with Crippen molar-refractivity contribution in [2.75, 3.05) is 0 Å². The maximum absolute atomic E-state index is 3.93. The van der Waals surface area contributed by atoms with Gasteiger partial charge in [-0.25, -0.2) is 4.68 Å². The summed E-state index contributed by atoms with van der Waals surface area (Å²) in [6, 6.07) is 9.23. The van der Waals surface area contributed by atoms with Crippen LogP contribution in [-0.2, 0) is 0 Å². The summed E-state index contributed by atoms with van der Waals surface area (Å²) < 4.78 is 1.68. The topological polar surface area (TPSA) is 55.6 Å². The summed E-state index contributed by atoms with van der Waals surface area (Å²) in [6.45, 7) is 6.67. The summed E-state index contributed by atoms with van der Waals surface area (Å²) in [5.74, 6) is 0. The second-order valence-electron chi connectivity index (χ2n) is 5.13. The molecule has 1 aromatic heterocycles. The van der Waals surface area contributed by atoms with E-state index in [0.717, 1.165) is 12.1 Å². The second kappa shape index (κ2) is 7.14. The van der Waals surface area contributed by atoms with Crippen LogP contribution in [0.15, 0.2) is 30.6 Å². The van der Waals surface area contributed by atoms with Gasteiger partial charge in [-0.05, 0) is 47.9 Å². The molecule has 0 aliphatic heterocycles. The summed E-state index contributed by atoms with van der Waals surface area (Å²) >= 11 is 0. The lowest BCUT2D eigenvalue weighted by molar-refractivity contribution is 0.417. The van der Waals surface area contributed by atoms with Crippen molar-refractivity contribution in [3.05, 3.63) is 36.2 Å². The molecule has 0 saturated carbocycles. The third-order valence-electron chi connectivity index (χ3n) is 3.60. The predicted octanol–water partition coefficient (Wildman–Crippen LogP) is 2.89. The lowest BCUT2D eigenvalue weighted by Gasteiger charge is -2.22. The number of nitrogens with zero attached hydrogens (tertiary/aromatic N) is 4. The normalized spacial score (nSPS) is 14.2. The zero-order valence-electron chi connectivity index (χ0n) is 12.5. The molecule has 2 unspecified atom stereocenters. The summed E-state index contributed by atoms with van der Waals surface area (Å²) in [5.41, 5.74) is 2.25. The molecule has 1 N–H and O–H groups in total. The monoisotopic (exact) mass is 273 g/mol. The van der Waals surface area contributed by atoms with Crippen molar-refractivity contribution in [3.63, 3.8) is 0 Å². The minimum absolute atomic E-state index is 0.322. The molecule has 5 nitrogen and oxygen atoms in total. The van der Waals surface area contributed by atoms with Crippen LogP contribution in [0.4, 0.5) is 0 Å². The van der Waals surface area contributed by atoms with Crippen molar-refractivity contribution in [1.29, 1.82) is 0 Å². The molecule has 0 saturated heterocycles. The van der Waals surface area contributed by atoms with E-state index in [2.05, 4.69) is 53.7 Å². The quantitative estimate of drug-likeness (QED) is 0.842. The molecular formula is C15H23N5. The molecular weight excluding hydrogens is 250 g/mol.